The van der Waals surface area contributed by atoms with Gasteiger partial charge in [0.25, 0.3) is 0 Å². The lowest BCUT2D eigenvalue weighted by Gasteiger charge is -2.42. The lowest BCUT2D eigenvalue weighted by atomic mass is 9.95. The van der Waals surface area contributed by atoms with Gasteiger partial charge in [-0.25, -0.2) is 0 Å². The number of hydrogen-bond donors (Lipinski definition) is 1. The maximum Gasteiger partial charge on any atom is 0.0278 e. The van der Waals surface area contributed by atoms with Crippen LogP contribution in [-0.2, 0) is 0 Å². The first kappa shape index (κ1) is 12.7. The largest absolute Gasteiger partial charge is 0.309 e. The summed E-state index contributed by atoms with van der Waals surface area (Å²) in [7, 11) is 0. The first-order chi connectivity index (χ1) is 7.72. The fourth-order valence-corrected chi connectivity index (χ4v) is 4.13. The third-order valence-corrected chi connectivity index (χ3v) is 5.45. The van der Waals surface area contributed by atoms with Gasteiger partial charge in [-0.2, -0.15) is 11.8 Å². The van der Waals surface area contributed by atoms with Crippen LogP contribution in [0, 0.1) is 0 Å². The van der Waals surface area contributed by atoms with Crippen LogP contribution >= 0.6 is 11.8 Å². The van der Waals surface area contributed by atoms with Crippen LogP contribution < -0.4 is 5.32 Å². The lowest BCUT2D eigenvalue weighted by Crippen LogP contribution is -2.59. The fourth-order valence-electron chi connectivity index (χ4n) is 2.78. The summed E-state index contributed by atoms with van der Waals surface area (Å²) < 4.78 is 0. The van der Waals surface area contributed by atoms with Crippen LogP contribution in [0.5, 0.6) is 0 Å². The van der Waals surface area contributed by atoms with Gasteiger partial charge in [0, 0.05) is 37.0 Å². The molecule has 2 nitrogen and oxygen atoms in total. The zero-order chi connectivity index (χ0) is 11.4. The summed E-state index contributed by atoms with van der Waals surface area (Å²) in [5, 5.41) is 4.57. The van der Waals surface area contributed by atoms with Gasteiger partial charge in [-0.15, -0.1) is 0 Å². The molecule has 2 rings (SSSR count). The van der Waals surface area contributed by atoms with Crippen LogP contribution in [0.15, 0.2) is 0 Å². The summed E-state index contributed by atoms with van der Waals surface area (Å²) in [5.41, 5.74) is 0.359. The molecule has 0 aromatic heterocycles. The second kappa shape index (κ2) is 5.74. The SMILES string of the molecule is CCC1(C)CN(CC2CCCCS2)CCN1. The Morgan fingerprint density at radius 2 is 2.31 bits per heavy atom. The highest BCUT2D eigenvalue weighted by Crippen LogP contribution is 2.26. The van der Waals surface area contributed by atoms with Crippen LogP contribution in [0.4, 0.5) is 0 Å². The van der Waals surface area contributed by atoms with E-state index in [9.17, 15) is 0 Å². The molecule has 0 saturated carbocycles. The molecule has 2 aliphatic heterocycles. The van der Waals surface area contributed by atoms with E-state index in [4.69, 9.17) is 0 Å². The molecule has 0 aliphatic carbocycles. The quantitative estimate of drug-likeness (QED) is 0.818. The molecule has 1 N–H and O–H groups in total. The van der Waals surface area contributed by atoms with E-state index in [-0.39, 0.29) is 0 Å². The molecule has 0 spiro atoms. The van der Waals surface area contributed by atoms with E-state index >= 15 is 0 Å². The number of piperazine rings is 1. The standard InChI is InChI=1S/C13H26N2S/c1-3-13(2)11-15(8-7-14-13)10-12-6-4-5-9-16-12/h12,14H,3-11H2,1-2H3. The predicted octanol–water partition coefficient (Wildman–Crippen LogP) is 2.35. The lowest BCUT2D eigenvalue weighted by molar-refractivity contribution is 0.139. The first-order valence-electron chi connectivity index (χ1n) is 6.81. The summed E-state index contributed by atoms with van der Waals surface area (Å²) in [4.78, 5) is 2.68. The summed E-state index contributed by atoms with van der Waals surface area (Å²) in [6.07, 6.45) is 5.57. The average molecular weight is 242 g/mol. The second-order valence-corrected chi connectivity index (χ2v) is 6.97. The van der Waals surface area contributed by atoms with Crippen molar-refractivity contribution in [2.75, 3.05) is 31.9 Å². The Morgan fingerprint density at radius 1 is 1.44 bits per heavy atom. The maximum atomic E-state index is 3.66. The Morgan fingerprint density at radius 3 is 3.00 bits per heavy atom. The van der Waals surface area contributed by atoms with Gasteiger partial charge < -0.3 is 5.32 Å². The molecule has 16 heavy (non-hydrogen) atoms. The van der Waals surface area contributed by atoms with E-state index in [0.717, 1.165) is 5.25 Å². The van der Waals surface area contributed by atoms with E-state index in [1.54, 1.807) is 0 Å². The van der Waals surface area contributed by atoms with Crippen molar-refractivity contribution in [1.82, 2.24) is 10.2 Å². The smallest absolute Gasteiger partial charge is 0.0278 e. The molecule has 0 aromatic carbocycles. The monoisotopic (exact) mass is 242 g/mol. The van der Waals surface area contributed by atoms with Crippen molar-refractivity contribution in [3.63, 3.8) is 0 Å². The fraction of sp³-hybridized carbons (Fsp3) is 1.00. The molecule has 2 heterocycles. The number of nitrogens with one attached hydrogen (secondary N) is 1. The van der Waals surface area contributed by atoms with Gasteiger partial charge >= 0.3 is 0 Å². The molecule has 3 heteroatoms. The second-order valence-electron chi connectivity index (χ2n) is 5.56. The number of nitrogens with zero attached hydrogens (tertiary/aromatic N) is 1. The Hall–Kier alpha value is 0.270. The predicted molar refractivity (Wildman–Crippen MR) is 73.2 cm³/mol. The van der Waals surface area contributed by atoms with Gasteiger partial charge in [-0.1, -0.05) is 13.3 Å². The third-order valence-electron chi connectivity index (χ3n) is 4.07. The van der Waals surface area contributed by atoms with Crippen molar-refractivity contribution < 1.29 is 0 Å². The minimum Gasteiger partial charge on any atom is -0.309 e. The highest BCUT2D eigenvalue weighted by molar-refractivity contribution is 7.99. The van der Waals surface area contributed by atoms with Gasteiger partial charge in [0.2, 0.25) is 0 Å². The van der Waals surface area contributed by atoms with Crippen molar-refractivity contribution in [3.05, 3.63) is 0 Å². The minimum absolute atomic E-state index is 0.359. The highest BCUT2D eigenvalue weighted by Gasteiger charge is 2.29. The van der Waals surface area contributed by atoms with Crippen molar-refractivity contribution in [3.8, 4) is 0 Å². The highest BCUT2D eigenvalue weighted by atomic mass is 32.2. The van der Waals surface area contributed by atoms with Crippen LogP contribution in [0.1, 0.15) is 39.5 Å². The average Bonchev–Trinajstić information content (AvgIpc) is 2.30. The Kier molecular flexibility index (Phi) is 4.57. The summed E-state index contributed by atoms with van der Waals surface area (Å²) in [6.45, 7) is 9.63. The van der Waals surface area contributed by atoms with E-state index < -0.39 is 0 Å². The molecule has 0 amide bonds. The number of thioether (sulfide) groups is 1. The van der Waals surface area contributed by atoms with Crippen molar-refractivity contribution in [2.45, 2.75) is 50.3 Å². The molecule has 2 fully saturated rings. The molecule has 94 valence electrons. The molecule has 0 radical (unpaired) electrons. The Balaban J connectivity index is 1.80. The topological polar surface area (TPSA) is 15.3 Å². The molecule has 2 atom stereocenters. The number of rotatable bonds is 3. The van der Waals surface area contributed by atoms with Gasteiger partial charge in [-0.3, -0.25) is 4.90 Å². The maximum absolute atomic E-state index is 3.66. The van der Waals surface area contributed by atoms with Gasteiger partial charge in [0.05, 0.1) is 0 Å². The zero-order valence-corrected chi connectivity index (χ0v) is 11.6. The summed E-state index contributed by atoms with van der Waals surface area (Å²) in [6, 6.07) is 0. The third kappa shape index (κ3) is 3.38. The van der Waals surface area contributed by atoms with Crippen molar-refractivity contribution in [1.29, 1.82) is 0 Å². The van der Waals surface area contributed by atoms with Crippen LogP contribution in [0.25, 0.3) is 0 Å². The van der Waals surface area contributed by atoms with Gasteiger partial charge in [0.15, 0.2) is 0 Å². The van der Waals surface area contributed by atoms with Crippen LogP contribution in [0.3, 0.4) is 0 Å². The van der Waals surface area contributed by atoms with E-state index in [1.165, 1.54) is 57.6 Å². The number of hydrogen-bond acceptors (Lipinski definition) is 3. The van der Waals surface area contributed by atoms with Crippen LogP contribution in [0.2, 0.25) is 0 Å². The summed E-state index contributed by atoms with van der Waals surface area (Å²) >= 11 is 2.20. The molecule has 0 aromatic rings. The van der Waals surface area contributed by atoms with Crippen LogP contribution in [-0.4, -0.2) is 47.6 Å². The van der Waals surface area contributed by atoms with Crippen molar-refractivity contribution in [2.24, 2.45) is 0 Å². The molecule has 0 bridgehead atoms. The first-order valence-corrected chi connectivity index (χ1v) is 7.86. The van der Waals surface area contributed by atoms with Gasteiger partial charge in [-0.05, 0) is 31.9 Å². The molecule has 2 saturated heterocycles. The van der Waals surface area contributed by atoms with Crippen molar-refractivity contribution >= 4 is 11.8 Å². The van der Waals surface area contributed by atoms with E-state index in [1.807, 2.05) is 0 Å². The van der Waals surface area contributed by atoms with E-state index in [2.05, 4.69) is 35.8 Å². The molecular formula is C13H26N2S. The van der Waals surface area contributed by atoms with E-state index in [0.29, 0.717) is 5.54 Å². The molecule has 2 unspecified atom stereocenters. The Labute approximate surface area is 105 Å². The minimum atomic E-state index is 0.359. The van der Waals surface area contributed by atoms with Gasteiger partial charge in [0.1, 0.15) is 0 Å². The summed E-state index contributed by atoms with van der Waals surface area (Å²) in [5.74, 6) is 1.39. The molecule has 2 aliphatic rings. The molecular weight excluding hydrogens is 216 g/mol. The normalized spacial score (nSPS) is 37.5. The zero-order valence-electron chi connectivity index (χ0n) is 10.8. The Bertz CT molecular complexity index is 216.